The fraction of sp³-hybridized carbons (Fsp3) is 0.500. The fourth-order valence-corrected chi connectivity index (χ4v) is 4.23. The normalized spacial score (nSPS) is 23.0. The van der Waals surface area contributed by atoms with Crippen LogP contribution in [0.5, 0.6) is 0 Å². The molecule has 0 unspecified atom stereocenters. The summed E-state index contributed by atoms with van der Waals surface area (Å²) in [7, 11) is 1.89. The van der Waals surface area contributed by atoms with Gasteiger partial charge in [0.15, 0.2) is 0 Å². The van der Waals surface area contributed by atoms with Gasteiger partial charge in [0.2, 0.25) is 5.91 Å². The Morgan fingerprint density at radius 2 is 2.00 bits per heavy atom. The Balaban J connectivity index is 1.45. The number of aryl methyl sites for hydroxylation is 1. The largest absolute Gasteiger partial charge is 0.354 e. The number of hydrogen-bond donors (Lipinski definition) is 2. The average molecular weight is 378 g/mol. The van der Waals surface area contributed by atoms with Crippen LogP contribution in [-0.4, -0.2) is 29.0 Å². The number of carbonyl (C=O) groups is 2. The predicted molar refractivity (Wildman–Crippen MR) is 106 cm³/mol. The molecule has 2 amide bonds. The van der Waals surface area contributed by atoms with Crippen LogP contribution in [0.2, 0.25) is 0 Å². The van der Waals surface area contributed by atoms with Crippen molar-refractivity contribution in [3.8, 4) is 6.07 Å². The highest BCUT2D eigenvalue weighted by atomic mass is 16.2. The number of nitrogens with zero attached hydrogens (tertiary/aromatic N) is 2. The van der Waals surface area contributed by atoms with Gasteiger partial charge in [0.25, 0.3) is 5.91 Å². The molecule has 28 heavy (non-hydrogen) atoms. The van der Waals surface area contributed by atoms with Crippen LogP contribution in [0.3, 0.4) is 0 Å². The van der Waals surface area contributed by atoms with Gasteiger partial charge in [0.1, 0.15) is 5.69 Å². The van der Waals surface area contributed by atoms with E-state index in [1.54, 1.807) is 0 Å². The van der Waals surface area contributed by atoms with Gasteiger partial charge in [-0.3, -0.25) is 9.59 Å². The van der Waals surface area contributed by atoms with Gasteiger partial charge in [0.05, 0.1) is 17.4 Å². The quantitative estimate of drug-likeness (QED) is 0.839. The van der Waals surface area contributed by atoms with Gasteiger partial charge in [0, 0.05) is 30.5 Å². The van der Waals surface area contributed by atoms with Crippen LogP contribution >= 0.6 is 0 Å². The maximum atomic E-state index is 12.9. The maximum absolute atomic E-state index is 12.9. The second-order valence-electron chi connectivity index (χ2n) is 8.23. The van der Waals surface area contributed by atoms with Crippen molar-refractivity contribution in [3.63, 3.8) is 0 Å². The third-order valence-corrected chi connectivity index (χ3v) is 6.30. The summed E-state index contributed by atoms with van der Waals surface area (Å²) in [6.07, 6.45) is 5.28. The Morgan fingerprint density at radius 3 is 2.71 bits per heavy atom. The first-order valence-electron chi connectivity index (χ1n) is 10.1. The van der Waals surface area contributed by atoms with Gasteiger partial charge >= 0.3 is 0 Å². The van der Waals surface area contributed by atoms with E-state index in [0.717, 1.165) is 49.4 Å². The van der Waals surface area contributed by atoms with Gasteiger partial charge in [-0.15, -0.1) is 0 Å². The van der Waals surface area contributed by atoms with Crippen molar-refractivity contribution < 1.29 is 9.59 Å². The first kappa shape index (κ1) is 18.5. The molecule has 1 heterocycles. The lowest BCUT2D eigenvalue weighted by Crippen LogP contribution is -2.49. The molecule has 146 valence electrons. The highest BCUT2D eigenvalue weighted by Gasteiger charge is 2.44. The number of amides is 2. The lowest BCUT2D eigenvalue weighted by atomic mass is 9.83. The Hall–Kier alpha value is -2.81. The zero-order valence-corrected chi connectivity index (χ0v) is 16.2. The summed E-state index contributed by atoms with van der Waals surface area (Å²) >= 11 is 0. The van der Waals surface area contributed by atoms with Crippen molar-refractivity contribution >= 4 is 22.7 Å². The van der Waals surface area contributed by atoms with Gasteiger partial charge in [-0.25, -0.2) is 0 Å². The Morgan fingerprint density at radius 1 is 1.25 bits per heavy atom. The average Bonchev–Trinajstić information content (AvgIpc) is 3.43. The summed E-state index contributed by atoms with van der Waals surface area (Å²) in [6, 6.07) is 11.9. The molecule has 0 aliphatic heterocycles. The van der Waals surface area contributed by atoms with E-state index in [9.17, 15) is 14.9 Å². The van der Waals surface area contributed by atoms with Gasteiger partial charge in [-0.1, -0.05) is 31.0 Å². The van der Waals surface area contributed by atoms with Crippen molar-refractivity contribution in [2.24, 2.45) is 18.4 Å². The maximum Gasteiger partial charge on any atom is 0.268 e. The smallest absolute Gasteiger partial charge is 0.268 e. The lowest BCUT2D eigenvalue weighted by molar-refractivity contribution is -0.126. The molecule has 2 aromatic rings. The molecule has 2 N–H and O–H groups in total. The van der Waals surface area contributed by atoms with E-state index in [2.05, 4.69) is 16.7 Å². The number of para-hydroxylation sites is 1. The standard InChI is InChI=1S/C22H26N4O2/c1-26-18-9-5-2-6-15(18)12-19(26)21(28)25-17-8-4-3-7-16(17)20(27)24-14-22(13-23)10-11-22/h2,5-6,9,12,16-17H,3-4,7-8,10-11,14H2,1H3,(H,24,27)(H,25,28)/t16-,17+/m1/s1. The Labute approximate surface area is 164 Å². The molecule has 1 aromatic heterocycles. The van der Waals surface area contributed by atoms with E-state index in [4.69, 9.17) is 0 Å². The topological polar surface area (TPSA) is 86.9 Å². The number of carbonyl (C=O) groups excluding carboxylic acids is 2. The first-order valence-corrected chi connectivity index (χ1v) is 10.1. The number of benzene rings is 1. The molecule has 0 saturated heterocycles. The molecule has 6 nitrogen and oxygen atoms in total. The minimum absolute atomic E-state index is 0.0384. The minimum atomic E-state index is -0.355. The van der Waals surface area contributed by atoms with E-state index in [-0.39, 0.29) is 29.2 Å². The number of nitriles is 1. The summed E-state index contributed by atoms with van der Waals surface area (Å²) in [5.74, 6) is -0.412. The molecule has 2 fully saturated rings. The van der Waals surface area contributed by atoms with Crippen LogP contribution < -0.4 is 10.6 Å². The van der Waals surface area contributed by atoms with Crippen molar-refractivity contribution in [2.75, 3.05) is 6.54 Å². The predicted octanol–water partition coefficient (Wildman–Crippen LogP) is 2.89. The summed E-state index contributed by atoms with van der Waals surface area (Å²) in [6.45, 7) is 0.419. The molecule has 2 saturated carbocycles. The van der Waals surface area contributed by atoms with Crippen LogP contribution in [0.25, 0.3) is 10.9 Å². The van der Waals surface area contributed by atoms with Crippen LogP contribution in [0, 0.1) is 22.7 Å². The lowest BCUT2D eigenvalue weighted by Gasteiger charge is -2.31. The number of hydrogen-bond acceptors (Lipinski definition) is 3. The number of rotatable bonds is 5. The molecule has 0 radical (unpaired) electrons. The molecule has 2 aliphatic rings. The molecular weight excluding hydrogens is 352 g/mol. The summed E-state index contributed by atoms with van der Waals surface area (Å²) in [5, 5.41) is 16.3. The van der Waals surface area contributed by atoms with E-state index >= 15 is 0 Å². The van der Waals surface area contributed by atoms with Gasteiger partial charge in [-0.2, -0.15) is 5.26 Å². The number of fused-ring (bicyclic) bond motifs is 1. The molecule has 0 bridgehead atoms. The van der Waals surface area contributed by atoms with E-state index in [0.29, 0.717) is 12.2 Å². The van der Waals surface area contributed by atoms with E-state index in [1.165, 1.54) is 0 Å². The van der Waals surface area contributed by atoms with Crippen molar-refractivity contribution in [1.29, 1.82) is 5.26 Å². The van der Waals surface area contributed by atoms with E-state index in [1.807, 2.05) is 41.9 Å². The second kappa shape index (κ2) is 7.31. The Bertz CT molecular complexity index is 951. The number of nitrogens with one attached hydrogen (secondary N) is 2. The zero-order chi connectivity index (χ0) is 19.7. The van der Waals surface area contributed by atoms with Crippen LogP contribution in [0.4, 0.5) is 0 Å². The summed E-state index contributed by atoms with van der Waals surface area (Å²) < 4.78 is 1.90. The fourth-order valence-electron chi connectivity index (χ4n) is 4.23. The highest BCUT2D eigenvalue weighted by molar-refractivity contribution is 5.99. The molecule has 2 atom stereocenters. The highest BCUT2D eigenvalue weighted by Crippen LogP contribution is 2.44. The third-order valence-electron chi connectivity index (χ3n) is 6.30. The molecule has 0 spiro atoms. The van der Waals surface area contributed by atoms with Crippen molar-refractivity contribution in [2.45, 2.75) is 44.6 Å². The molecule has 2 aliphatic carbocycles. The van der Waals surface area contributed by atoms with E-state index < -0.39 is 0 Å². The first-order chi connectivity index (χ1) is 13.5. The third kappa shape index (κ3) is 3.49. The minimum Gasteiger partial charge on any atom is -0.354 e. The molecule has 1 aromatic carbocycles. The monoisotopic (exact) mass is 378 g/mol. The molecule has 4 rings (SSSR count). The summed E-state index contributed by atoms with van der Waals surface area (Å²) in [5.41, 5.74) is 1.26. The molecular formula is C22H26N4O2. The van der Waals surface area contributed by atoms with Crippen LogP contribution in [0.1, 0.15) is 49.0 Å². The Kier molecular flexibility index (Phi) is 4.84. The van der Waals surface area contributed by atoms with Crippen molar-refractivity contribution in [3.05, 3.63) is 36.0 Å². The van der Waals surface area contributed by atoms with Crippen LogP contribution in [-0.2, 0) is 11.8 Å². The number of aromatic nitrogens is 1. The van der Waals surface area contributed by atoms with Crippen molar-refractivity contribution in [1.82, 2.24) is 15.2 Å². The zero-order valence-electron chi connectivity index (χ0n) is 16.2. The second-order valence-corrected chi connectivity index (χ2v) is 8.23. The van der Waals surface area contributed by atoms with Gasteiger partial charge < -0.3 is 15.2 Å². The summed E-state index contributed by atoms with van der Waals surface area (Å²) in [4.78, 5) is 25.7. The SMILES string of the molecule is Cn1c(C(=O)N[C@H]2CCCC[C@H]2C(=O)NCC2(C#N)CC2)cc2ccccc21. The molecule has 6 heteroatoms. The van der Waals surface area contributed by atoms with Crippen LogP contribution in [0.15, 0.2) is 30.3 Å². The van der Waals surface area contributed by atoms with Gasteiger partial charge in [-0.05, 0) is 37.8 Å².